The first-order valence-corrected chi connectivity index (χ1v) is 22.5. The van der Waals surface area contributed by atoms with Crippen LogP contribution in [-0.2, 0) is 38.3 Å². The number of esters is 1. The Morgan fingerprint density at radius 1 is 0.730 bits per heavy atom. The fourth-order valence-electron chi connectivity index (χ4n) is 8.14. The first kappa shape index (κ1) is 45.0. The molecule has 0 bridgehead atoms. The van der Waals surface area contributed by atoms with Gasteiger partial charge in [-0.2, -0.15) is 0 Å². The molecule has 7 nitrogen and oxygen atoms in total. The van der Waals surface area contributed by atoms with Crippen LogP contribution in [0.5, 0.6) is 5.75 Å². The second kappa shape index (κ2) is 20.4. The molecule has 1 aliphatic rings. The van der Waals surface area contributed by atoms with Gasteiger partial charge in [-0.15, -0.1) is 11.8 Å². The summed E-state index contributed by atoms with van der Waals surface area (Å²) in [7, 11) is 0. The molecule has 1 saturated heterocycles. The van der Waals surface area contributed by atoms with E-state index in [1.54, 1.807) is 31.2 Å². The molecule has 324 valence electrons. The van der Waals surface area contributed by atoms with E-state index in [4.69, 9.17) is 9.47 Å². The molecule has 2 N–H and O–H groups in total. The van der Waals surface area contributed by atoms with Crippen molar-refractivity contribution in [1.29, 1.82) is 0 Å². The zero-order valence-electron chi connectivity index (χ0n) is 36.3. The van der Waals surface area contributed by atoms with Crippen LogP contribution in [0, 0.1) is 5.82 Å². The summed E-state index contributed by atoms with van der Waals surface area (Å²) in [6, 6.07) is 50.4. The van der Waals surface area contributed by atoms with Gasteiger partial charge < -0.3 is 24.9 Å². The molecule has 0 aromatic heterocycles. The quantitative estimate of drug-likeness (QED) is 0.0697. The zero-order chi connectivity index (χ0) is 44.4. The van der Waals surface area contributed by atoms with Crippen LogP contribution in [0.4, 0.5) is 10.1 Å². The predicted molar refractivity (Wildman–Crippen MR) is 251 cm³/mol. The maximum Gasteiger partial charge on any atom is 0.349 e. The van der Waals surface area contributed by atoms with Crippen LogP contribution >= 0.6 is 11.8 Å². The van der Waals surface area contributed by atoms with Crippen molar-refractivity contribution in [3.8, 4) is 5.75 Å². The SMILES string of the molecule is CC(=O)CCc1cccc(NC(=O)c2cc(OC(C(=O)OC(C)(C)C)C3CC(SC(c4ccccc4)(c4ccccc4)c4ccccc4)CN3)ccc2CCc2ccc(F)cc2)c1. The molecule has 0 saturated carbocycles. The van der Waals surface area contributed by atoms with Crippen LogP contribution < -0.4 is 15.4 Å². The monoisotopic (exact) mass is 862 g/mol. The fourth-order valence-corrected chi connectivity index (χ4v) is 9.94. The molecule has 0 radical (unpaired) electrons. The number of anilines is 1. The van der Waals surface area contributed by atoms with Crippen LogP contribution in [0.25, 0.3) is 0 Å². The van der Waals surface area contributed by atoms with Crippen molar-refractivity contribution >= 4 is 35.1 Å². The molecule has 0 spiro atoms. The lowest BCUT2D eigenvalue weighted by atomic mass is 9.84. The summed E-state index contributed by atoms with van der Waals surface area (Å²) >= 11 is 1.87. The standard InChI is InChI=1S/C54H55FN2O5S/c1-37(58)23-24-39-15-14-22-45(33-39)57-51(59)48-34-46(32-29-40(48)28-25-38-26-30-44(55)31-27-38)61-50(52(60)62-53(2,3)4)49-35-47(36-56-49)63-54(41-16-8-5-9-17-41,42-18-10-6-11-19-42)43-20-12-7-13-21-43/h5-22,26-27,29-34,47,49-50,56H,23-25,28,35-36H2,1-4H3,(H,57,59). The second-order valence-corrected chi connectivity index (χ2v) is 18.7. The number of ether oxygens (including phenoxy) is 2. The number of ketones is 1. The minimum Gasteiger partial charge on any atom is -0.477 e. The largest absolute Gasteiger partial charge is 0.477 e. The molecule has 6 aromatic rings. The summed E-state index contributed by atoms with van der Waals surface area (Å²) in [6.07, 6.45) is 1.62. The second-order valence-electron chi connectivity index (χ2n) is 17.1. The van der Waals surface area contributed by atoms with Crippen LogP contribution in [-0.4, -0.2) is 47.2 Å². The number of carbonyl (C=O) groups excluding carboxylic acids is 3. The molecule has 1 amide bonds. The van der Waals surface area contributed by atoms with Crippen LogP contribution in [0.2, 0.25) is 0 Å². The van der Waals surface area contributed by atoms with Gasteiger partial charge in [-0.25, -0.2) is 9.18 Å². The van der Waals surface area contributed by atoms with Gasteiger partial charge >= 0.3 is 5.97 Å². The lowest BCUT2D eigenvalue weighted by Gasteiger charge is -2.37. The number of nitrogens with one attached hydrogen (secondary N) is 2. The minimum atomic E-state index is -1.03. The maximum atomic E-state index is 14.2. The van der Waals surface area contributed by atoms with Gasteiger partial charge in [-0.1, -0.05) is 121 Å². The van der Waals surface area contributed by atoms with Crippen LogP contribution in [0.1, 0.15) is 84.3 Å². The predicted octanol–water partition coefficient (Wildman–Crippen LogP) is 10.9. The molecular weight excluding hydrogens is 808 g/mol. The van der Waals surface area contributed by atoms with Crippen LogP contribution in [0.3, 0.4) is 0 Å². The van der Waals surface area contributed by atoms with Crippen LogP contribution in [0.15, 0.2) is 158 Å². The summed E-state index contributed by atoms with van der Waals surface area (Å²) in [5.41, 5.74) is 6.31. The summed E-state index contributed by atoms with van der Waals surface area (Å²) in [5, 5.41) is 6.76. The Morgan fingerprint density at radius 3 is 1.94 bits per heavy atom. The summed E-state index contributed by atoms with van der Waals surface area (Å²) < 4.78 is 25.9. The third kappa shape index (κ3) is 11.7. The molecule has 9 heteroatoms. The van der Waals surface area contributed by atoms with Gasteiger partial charge in [-0.3, -0.25) is 4.79 Å². The van der Waals surface area contributed by atoms with E-state index in [0.717, 1.165) is 33.4 Å². The smallest absolute Gasteiger partial charge is 0.349 e. The van der Waals surface area contributed by atoms with Crippen molar-refractivity contribution in [2.45, 2.75) is 87.5 Å². The Bertz CT molecular complexity index is 2380. The molecular formula is C54H55FN2O5S. The normalized spacial score (nSPS) is 15.6. The Balaban J connectivity index is 1.19. The number of thioether (sulfide) groups is 1. The molecule has 3 unspecified atom stereocenters. The first-order chi connectivity index (χ1) is 30.4. The van der Waals surface area contributed by atoms with E-state index in [1.165, 1.54) is 12.1 Å². The van der Waals surface area contributed by atoms with E-state index < -0.39 is 28.5 Å². The highest BCUT2D eigenvalue weighted by atomic mass is 32.2. The number of rotatable bonds is 17. The average molecular weight is 863 g/mol. The number of halogens is 1. The van der Waals surface area contributed by atoms with Crippen molar-refractivity contribution in [3.05, 3.63) is 202 Å². The van der Waals surface area contributed by atoms with Gasteiger partial charge in [0.15, 0.2) is 0 Å². The third-order valence-electron chi connectivity index (χ3n) is 11.1. The number of carbonyl (C=O) groups is 3. The number of Topliss-reactive ketones (excluding diaryl/α,β-unsaturated/α-hetero) is 1. The highest BCUT2D eigenvalue weighted by Gasteiger charge is 2.45. The third-order valence-corrected chi connectivity index (χ3v) is 12.9. The number of hydrogen-bond acceptors (Lipinski definition) is 7. The van der Waals surface area contributed by atoms with Gasteiger partial charge in [-0.05, 0) is 123 Å². The van der Waals surface area contributed by atoms with Crippen molar-refractivity contribution in [2.75, 3.05) is 11.9 Å². The van der Waals surface area contributed by atoms with Crippen molar-refractivity contribution in [3.63, 3.8) is 0 Å². The first-order valence-electron chi connectivity index (χ1n) is 21.6. The van der Waals surface area contributed by atoms with Gasteiger partial charge in [0.25, 0.3) is 5.91 Å². The molecule has 6 aromatic carbocycles. The average Bonchev–Trinajstić information content (AvgIpc) is 3.75. The van der Waals surface area contributed by atoms with E-state index in [9.17, 15) is 18.8 Å². The Labute approximate surface area is 374 Å². The van der Waals surface area contributed by atoms with E-state index in [0.29, 0.717) is 55.6 Å². The summed E-state index contributed by atoms with van der Waals surface area (Å²) in [6.45, 7) is 7.70. The number of aryl methyl sites for hydroxylation is 3. The number of benzene rings is 6. The van der Waals surface area contributed by atoms with E-state index in [1.807, 2.05) is 81.1 Å². The van der Waals surface area contributed by atoms with Gasteiger partial charge in [0.05, 0.1) is 10.8 Å². The summed E-state index contributed by atoms with van der Waals surface area (Å²) in [4.78, 5) is 40.1. The van der Waals surface area contributed by atoms with E-state index in [-0.39, 0.29) is 22.8 Å². The lowest BCUT2D eigenvalue weighted by Crippen LogP contribution is -2.47. The molecule has 7 rings (SSSR count). The van der Waals surface area contributed by atoms with Crippen molar-refractivity contribution in [2.24, 2.45) is 0 Å². The van der Waals surface area contributed by atoms with E-state index in [2.05, 4.69) is 83.4 Å². The highest BCUT2D eigenvalue weighted by molar-refractivity contribution is 8.01. The Hall–Kier alpha value is -6.03. The molecule has 0 aliphatic carbocycles. The molecule has 3 atom stereocenters. The Morgan fingerprint density at radius 2 is 1.35 bits per heavy atom. The Kier molecular flexibility index (Phi) is 14.6. The molecule has 1 aliphatic heterocycles. The number of hydrogen-bond donors (Lipinski definition) is 2. The molecule has 63 heavy (non-hydrogen) atoms. The van der Waals surface area contributed by atoms with E-state index >= 15 is 0 Å². The van der Waals surface area contributed by atoms with Crippen molar-refractivity contribution < 1.29 is 28.2 Å². The topological polar surface area (TPSA) is 93.7 Å². The van der Waals surface area contributed by atoms with Crippen molar-refractivity contribution in [1.82, 2.24) is 5.32 Å². The summed E-state index contributed by atoms with van der Waals surface area (Å²) in [5.74, 6) is -0.711. The van der Waals surface area contributed by atoms with Gasteiger partial charge in [0.2, 0.25) is 6.10 Å². The van der Waals surface area contributed by atoms with Gasteiger partial charge in [0.1, 0.15) is 23.0 Å². The fraction of sp³-hybridized carbons (Fsp3) is 0.278. The maximum absolute atomic E-state index is 14.2. The minimum absolute atomic E-state index is 0.0607. The van der Waals surface area contributed by atoms with Gasteiger partial charge in [0, 0.05) is 29.5 Å². The molecule has 1 fully saturated rings. The number of amides is 1. The lowest BCUT2D eigenvalue weighted by molar-refractivity contribution is -0.164. The zero-order valence-corrected chi connectivity index (χ0v) is 37.1. The molecule has 1 heterocycles. The highest BCUT2D eigenvalue weighted by Crippen LogP contribution is 2.51.